The molecule has 2 heterocycles. The number of piperidine rings is 1. The lowest BCUT2D eigenvalue weighted by molar-refractivity contribution is -0.147. The van der Waals surface area contributed by atoms with Crippen molar-refractivity contribution < 1.29 is 14.1 Å². The summed E-state index contributed by atoms with van der Waals surface area (Å²) in [7, 11) is 0. The summed E-state index contributed by atoms with van der Waals surface area (Å²) in [6.45, 7) is 9.98. The number of carbonyl (C=O) groups is 2. The van der Waals surface area contributed by atoms with Crippen molar-refractivity contribution in [2.45, 2.75) is 91.5 Å². The van der Waals surface area contributed by atoms with Gasteiger partial charge in [-0.25, -0.2) is 0 Å². The van der Waals surface area contributed by atoms with Gasteiger partial charge in [0.1, 0.15) is 0 Å². The molecular formula is C23H38N4O3. The third-order valence-corrected chi connectivity index (χ3v) is 6.67. The van der Waals surface area contributed by atoms with Crippen LogP contribution in [0, 0.1) is 11.3 Å². The number of rotatable bonds is 7. The van der Waals surface area contributed by atoms with E-state index in [2.05, 4.69) is 30.9 Å². The lowest BCUT2D eigenvalue weighted by Gasteiger charge is -2.43. The highest BCUT2D eigenvalue weighted by molar-refractivity contribution is 5.82. The minimum Gasteiger partial charge on any atom is -0.340 e. The Morgan fingerprint density at radius 3 is 2.63 bits per heavy atom. The van der Waals surface area contributed by atoms with Gasteiger partial charge in [-0.05, 0) is 31.6 Å². The van der Waals surface area contributed by atoms with Crippen LogP contribution in [-0.2, 0) is 22.4 Å². The SMILES string of the molecule is CC(=O)N(CCc1noc(CC(C)C)n1)C1CCCN(C(=O)C2(C)CCCCC2)C1. The first-order chi connectivity index (χ1) is 14.3. The topological polar surface area (TPSA) is 79.5 Å². The first-order valence-corrected chi connectivity index (χ1v) is 11.7. The smallest absolute Gasteiger partial charge is 0.228 e. The van der Waals surface area contributed by atoms with Crippen molar-refractivity contribution in [3.8, 4) is 0 Å². The Morgan fingerprint density at radius 1 is 1.23 bits per heavy atom. The average Bonchev–Trinajstić information content (AvgIpc) is 3.14. The molecule has 2 fully saturated rings. The zero-order valence-electron chi connectivity index (χ0n) is 19.2. The monoisotopic (exact) mass is 418 g/mol. The molecule has 7 heteroatoms. The van der Waals surface area contributed by atoms with Crippen molar-refractivity contribution in [2.75, 3.05) is 19.6 Å². The van der Waals surface area contributed by atoms with E-state index in [1.165, 1.54) is 6.42 Å². The second-order valence-electron chi connectivity index (χ2n) is 9.83. The van der Waals surface area contributed by atoms with Crippen LogP contribution in [0.3, 0.4) is 0 Å². The fourth-order valence-corrected chi connectivity index (χ4v) is 4.96. The molecule has 2 aliphatic rings. The highest BCUT2D eigenvalue weighted by atomic mass is 16.5. The summed E-state index contributed by atoms with van der Waals surface area (Å²) in [5, 5.41) is 4.07. The van der Waals surface area contributed by atoms with E-state index >= 15 is 0 Å². The molecule has 1 aliphatic heterocycles. The van der Waals surface area contributed by atoms with Gasteiger partial charge in [0.2, 0.25) is 17.7 Å². The third kappa shape index (κ3) is 5.61. The number of carbonyl (C=O) groups excluding carboxylic acids is 2. The molecule has 0 N–H and O–H groups in total. The molecule has 1 aromatic rings. The minimum atomic E-state index is -0.224. The zero-order chi connectivity index (χ0) is 21.7. The van der Waals surface area contributed by atoms with Crippen LogP contribution in [0.1, 0.15) is 84.4 Å². The molecule has 1 aliphatic carbocycles. The number of likely N-dealkylation sites (tertiary alicyclic amines) is 1. The highest BCUT2D eigenvalue weighted by Crippen LogP contribution is 2.38. The zero-order valence-corrected chi connectivity index (χ0v) is 19.2. The van der Waals surface area contributed by atoms with Crippen LogP contribution >= 0.6 is 0 Å². The van der Waals surface area contributed by atoms with E-state index in [-0.39, 0.29) is 23.3 Å². The van der Waals surface area contributed by atoms with Gasteiger partial charge in [0.15, 0.2) is 5.82 Å². The van der Waals surface area contributed by atoms with Crippen molar-refractivity contribution in [1.29, 1.82) is 0 Å². The van der Waals surface area contributed by atoms with Gasteiger partial charge in [-0.1, -0.05) is 45.2 Å². The van der Waals surface area contributed by atoms with Gasteiger partial charge in [0, 0.05) is 50.9 Å². The van der Waals surface area contributed by atoms with Gasteiger partial charge >= 0.3 is 0 Å². The van der Waals surface area contributed by atoms with E-state index < -0.39 is 0 Å². The standard InChI is InChI=1S/C23H38N4O3/c1-17(2)15-21-24-20(25-30-21)10-14-27(18(3)28)19-9-8-13-26(16-19)22(29)23(4)11-6-5-7-12-23/h17,19H,5-16H2,1-4H3. The molecule has 1 aromatic heterocycles. The number of hydrogen-bond donors (Lipinski definition) is 0. The summed E-state index contributed by atoms with van der Waals surface area (Å²) in [6, 6.07) is 0.0643. The van der Waals surface area contributed by atoms with Gasteiger partial charge < -0.3 is 14.3 Å². The first-order valence-electron chi connectivity index (χ1n) is 11.7. The van der Waals surface area contributed by atoms with Crippen LogP contribution in [0.2, 0.25) is 0 Å². The molecule has 0 radical (unpaired) electrons. The largest absolute Gasteiger partial charge is 0.340 e. The maximum atomic E-state index is 13.3. The van der Waals surface area contributed by atoms with Crippen molar-refractivity contribution >= 4 is 11.8 Å². The predicted octanol–water partition coefficient (Wildman–Crippen LogP) is 3.62. The number of hydrogen-bond acceptors (Lipinski definition) is 5. The third-order valence-electron chi connectivity index (χ3n) is 6.67. The molecule has 0 spiro atoms. The van der Waals surface area contributed by atoms with Crippen LogP contribution in [0.5, 0.6) is 0 Å². The molecule has 3 rings (SSSR count). The molecule has 168 valence electrons. The Balaban J connectivity index is 1.60. The van der Waals surface area contributed by atoms with Gasteiger partial charge in [-0.15, -0.1) is 0 Å². The summed E-state index contributed by atoms with van der Waals surface area (Å²) in [5.41, 5.74) is -0.224. The summed E-state index contributed by atoms with van der Waals surface area (Å²) in [5.74, 6) is 2.10. The van der Waals surface area contributed by atoms with E-state index in [0.29, 0.717) is 37.1 Å². The lowest BCUT2D eigenvalue weighted by atomic mass is 9.74. The lowest BCUT2D eigenvalue weighted by Crippen LogP contribution is -2.54. The van der Waals surface area contributed by atoms with Crippen molar-refractivity contribution in [3.05, 3.63) is 11.7 Å². The Hall–Kier alpha value is -1.92. The van der Waals surface area contributed by atoms with Crippen LogP contribution in [0.4, 0.5) is 0 Å². The molecule has 30 heavy (non-hydrogen) atoms. The minimum absolute atomic E-state index is 0.0454. The fourth-order valence-electron chi connectivity index (χ4n) is 4.96. The quantitative estimate of drug-likeness (QED) is 0.676. The number of nitrogens with zero attached hydrogens (tertiary/aromatic N) is 4. The van der Waals surface area contributed by atoms with Crippen LogP contribution in [0.25, 0.3) is 0 Å². The molecule has 0 aromatic carbocycles. The Morgan fingerprint density at radius 2 is 1.97 bits per heavy atom. The summed E-state index contributed by atoms with van der Waals surface area (Å²) < 4.78 is 5.32. The highest BCUT2D eigenvalue weighted by Gasteiger charge is 2.40. The molecule has 1 atom stereocenters. The normalized spacial score (nSPS) is 21.6. The Labute approximate surface area is 180 Å². The number of amides is 2. The van der Waals surface area contributed by atoms with Crippen LogP contribution < -0.4 is 0 Å². The Bertz CT molecular complexity index is 724. The maximum Gasteiger partial charge on any atom is 0.228 e. The fraction of sp³-hybridized carbons (Fsp3) is 0.826. The second kappa shape index (κ2) is 9.92. The molecule has 0 bridgehead atoms. The van der Waals surface area contributed by atoms with Gasteiger partial charge in [0.25, 0.3) is 0 Å². The van der Waals surface area contributed by atoms with Crippen LogP contribution in [0.15, 0.2) is 4.52 Å². The van der Waals surface area contributed by atoms with Crippen molar-refractivity contribution in [2.24, 2.45) is 11.3 Å². The summed E-state index contributed by atoms with van der Waals surface area (Å²) in [4.78, 5) is 34.1. The summed E-state index contributed by atoms with van der Waals surface area (Å²) in [6.07, 6.45) is 8.71. The van der Waals surface area contributed by atoms with E-state index in [1.807, 2.05) is 9.80 Å². The van der Waals surface area contributed by atoms with Gasteiger partial charge in [-0.3, -0.25) is 9.59 Å². The number of aromatic nitrogens is 2. The van der Waals surface area contributed by atoms with Crippen molar-refractivity contribution in [3.63, 3.8) is 0 Å². The summed E-state index contributed by atoms with van der Waals surface area (Å²) >= 11 is 0. The molecule has 1 saturated carbocycles. The molecule has 1 unspecified atom stereocenters. The average molecular weight is 419 g/mol. The Kier molecular flexibility index (Phi) is 7.53. The van der Waals surface area contributed by atoms with Crippen molar-refractivity contribution in [1.82, 2.24) is 19.9 Å². The first kappa shape index (κ1) is 22.8. The van der Waals surface area contributed by atoms with E-state index in [1.54, 1.807) is 6.92 Å². The molecule has 7 nitrogen and oxygen atoms in total. The van der Waals surface area contributed by atoms with E-state index in [0.717, 1.165) is 51.5 Å². The molecular weight excluding hydrogens is 380 g/mol. The predicted molar refractivity (Wildman–Crippen MR) is 115 cm³/mol. The molecule has 2 amide bonds. The second-order valence-corrected chi connectivity index (χ2v) is 9.83. The molecule has 1 saturated heterocycles. The van der Waals surface area contributed by atoms with E-state index in [9.17, 15) is 9.59 Å². The van der Waals surface area contributed by atoms with Gasteiger partial charge in [-0.2, -0.15) is 4.98 Å². The van der Waals surface area contributed by atoms with Crippen LogP contribution in [-0.4, -0.2) is 57.4 Å². The van der Waals surface area contributed by atoms with E-state index in [4.69, 9.17) is 4.52 Å². The maximum absolute atomic E-state index is 13.3. The van der Waals surface area contributed by atoms with Gasteiger partial charge in [0.05, 0.1) is 0 Å².